The molecule has 2 atom stereocenters. The van der Waals surface area contributed by atoms with E-state index in [1.807, 2.05) is 0 Å². The molecule has 2 unspecified atom stereocenters. The molecule has 0 amide bonds. The number of ether oxygens (including phenoxy) is 1. The molecule has 14 heavy (non-hydrogen) atoms. The van der Waals surface area contributed by atoms with Crippen molar-refractivity contribution in [1.82, 2.24) is 4.90 Å². The van der Waals surface area contributed by atoms with Gasteiger partial charge >= 0.3 is 0 Å². The minimum Gasteiger partial charge on any atom is -0.381 e. The Morgan fingerprint density at radius 3 is 2.93 bits per heavy atom. The Labute approximate surface area is 91.6 Å². The molecule has 2 aliphatic heterocycles. The van der Waals surface area contributed by atoms with Crippen LogP contribution in [0.4, 0.5) is 0 Å². The Balaban J connectivity index is 1.81. The van der Waals surface area contributed by atoms with Crippen LogP contribution in [0.5, 0.6) is 0 Å². The fourth-order valence-corrected chi connectivity index (χ4v) is 2.88. The highest BCUT2D eigenvalue weighted by atomic mass is 35.5. The summed E-state index contributed by atoms with van der Waals surface area (Å²) in [6.45, 7) is 4.38. The Bertz CT molecular complexity index is 171. The first-order valence-electron chi connectivity index (χ1n) is 5.78. The zero-order valence-corrected chi connectivity index (χ0v) is 9.51. The standard InChI is InChI=1S/C11H20ClNO/c12-7-11-3-1-2-5-13(11)8-10-4-6-14-9-10/h10-11H,1-9H2. The topological polar surface area (TPSA) is 12.5 Å². The van der Waals surface area contributed by atoms with E-state index in [0.29, 0.717) is 6.04 Å². The largest absolute Gasteiger partial charge is 0.381 e. The molecule has 2 nitrogen and oxygen atoms in total. The SMILES string of the molecule is ClCC1CCCCN1CC1CCOC1. The molecule has 0 aromatic carbocycles. The Kier molecular flexibility index (Phi) is 4.09. The van der Waals surface area contributed by atoms with Crippen LogP contribution in [0.15, 0.2) is 0 Å². The summed E-state index contributed by atoms with van der Waals surface area (Å²) in [5, 5.41) is 0. The monoisotopic (exact) mass is 217 g/mol. The van der Waals surface area contributed by atoms with Gasteiger partial charge < -0.3 is 4.74 Å². The van der Waals surface area contributed by atoms with Crippen molar-refractivity contribution >= 4 is 11.6 Å². The minimum absolute atomic E-state index is 0.631. The maximum atomic E-state index is 5.99. The molecule has 2 fully saturated rings. The highest BCUT2D eigenvalue weighted by Gasteiger charge is 2.25. The lowest BCUT2D eigenvalue weighted by Gasteiger charge is -2.35. The maximum Gasteiger partial charge on any atom is 0.0507 e. The molecule has 2 aliphatic rings. The van der Waals surface area contributed by atoms with Crippen LogP contribution in [0.1, 0.15) is 25.7 Å². The van der Waals surface area contributed by atoms with Gasteiger partial charge in [-0.2, -0.15) is 0 Å². The van der Waals surface area contributed by atoms with E-state index < -0.39 is 0 Å². The lowest BCUT2D eigenvalue weighted by atomic mass is 10.0. The van der Waals surface area contributed by atoms with Crippen molar-refractivity contribution in [3.05, 3.63) is 0 Å². The fraction of sp³-hybridized carbons (Fsp3) is 1.00. The van der Waals surface area contributed by atoms with Crippen LogP contribution in [0.3, 0.4) is 0 Å². The van der Waals surface area contributed by atoms with E-state index in [2.05, 4.69) is 4.90 Å². The average molecular weight is 218 g/mol. The van der Waals surface area contributed by atoms with Gasteiger partial charge in [-0.05, 0) is 31.7 Å². The highest BCUT2D eigenvalue weighted by molar-refractivity contribution is 6.18. The van der Waals surface area contributed by atoms with E-state index in [4.69, 9.17) is 16.3 Å². The lowest BCUT2D eigenvalue weighted by Crippen LogP contribution is -2.43. The van der Waals surface area contributed by atoms with E-state index in [1.54, 1.807) is 0 Å². The number of halogens is 1. The van der Waals surface area contributed by atoms with Gasteiger partial charge in [-0.15, -0.1) is 11.6 Å². The molecule has 0 aliphatic carbocycles. The van der Waals surface area contributed by atoms with Crippen molar-refractivity contribution in [2.75, 3.05) is 32.2 Å². The molecule has 0 aromatic rings. The van der Waals surface area contributed by atoms with Crippen LogP contribution in [0.2, 0.25) is 0 Å². The van der Waals surface area contributed by atoms with Crippen LogP contribution in [0.25, 0.3) is 0 Å². The highest BCUT2D eigenvalue weighted by Crippen LogP contribution is 2.22. The summed E-state index contributed by atoms with van der Waals surface area (Å²) in [7, 11) is 0. The second kappa shape index (κ2) is 5.34. The summed E-state index contributed by atoms with van der Waals surface area (Å²) >= 11 is 5.99. The van der Waals surface area contributed by atoms with Gasteiger partial charge in [-0.3, -0.25) is 4.90 Å². The molecule has 0 saturated carbocycles. The van der Waals surface area contributed by atoms with Crippen LogP contribution in [-0.2, 0) is 4.74 Å². The molecule has 0 N–H and O–H groups in total. The van der Waals surface area contributed by atoms with E-state index in [0.717, 1.165) is 25.0 Å². The van der Waals surface area contributed by atoms with Crippen molar-refractivity contribution < 1.29 is 4.74 Å². The molecule has 0 bridgehead atoms. The zero-order valence-electron chi connectivity index (χ0n) is 8.75. The van der Waals surface area contributed by atoms with Gasteiger partial charge in [0.1, 0.15) is 0 Å². The molecular weight excluding hydrogens is 198 g/mol. The minimum atomic E-state index is 0.631. The zero-order chi connectivity index (χ0) is 9.80. The first-order valence-corrected chi connectivity index (χ1v) is 6.31. The maximum absolute atomic E-state index is 5.99. The summed E-state index contributed by atoms with van der Waals surface area (Å²) in [5.41, 5.74) is 0. The van der Waals surface area contributed by atoms with Crippen molar-refractivity contribution in [3.63, 3.8) is 0 Å². The van der Waals surface area contributed by atoms with Crippen LogP contribution in [-0.4, -0.2) is 43.1 Å². The Hall–Kier alpha value is 0.210. The number of nitrogens with zero attached hydrogens (tertiary/aromatic N) is 1. The van der Waals surface area contributed by atoms with Crippen molar-refractivity contribution in [2.45, 2.75) is 31.7 Å². The molecule has 2 saturated heterocycles. The van der Waals surface area contributed by atoms with Crippen molar-refractivity contribution in [3.8, 4) is 0 Å². The predicted octanol–water partition coefficient (Wildman–Crippen LogP) is 2.12. The summed E-state index contributed by atoms with van der Waals surface area (Å²) in [5.74, 6) is 1.56. The molecule has 82 valence electrons. The fourth-order valence-electron chi connectivity index (χ4n) is 2.53. The molecule has 2 heterocycles. The van der Waals surface area contributed by atoms with Crippen molar-refractivity contribution in [1.29, 1.82) is 0 Å². The van der Waals surface area contributed by atoms with E-state index >= 15 is 0 Å². The van der Waals surface area contributed by atoms with Crippen LogP contribution in [0, 0.1) is 5.92 Å². The first kappa shape index (κ1) is 10.7. The van der Waals surface area contributed by atoms with Gasteiger partial charge in [-0.1, -0.05) is 6.42 Å². The molecule has 0 radical (unpaired) electrons. The van der Waals surface area contributed by atoms with E-state index in [1.165, 1.54) is 38.8 Å². The smallest absolute Gasteiger partial charge is 0.0507 e. The lowest BCUT2D eigenvalue weighted by molar-refractivity contribution is 0.124. The molecule has 0 aromatic heterocycles. The average Bonchev–Trinajstić information content (AvgIpc) is 2.71. The third-order valence-corrected chi connectivity index (χ3v) is 3.80. The van der Waals surface area contributed by atoms with Crippen LogP contribution >= 0.6 is 11.6 Å². The summed E-state index contributed by atoms with van der Waals surface area (Å²) in [6.07, 6.45) is 5.23. The quantitative estimate of drug-likeness (QED) is 0.672. The summed E-state index contributed by atoms with van der Waals surface area (Å²) in [4.78, 5) is 2.58. The summed E-state index contributed by atoms with van der Waals surface area (Å²) < 4.78 is 5.41. The van der Waals surface area contributed by atoms with E-state index in [-0.39, 0.29) is 0 Å². The third kappa shape index (κ3) is 2.62. The first-order chi connectivity index (χ1) is 6.90. The van der Waals surface area contributed by atoms with Gasteiger partial charge in [0.25, 0.3) is 0 Å². The number of likely N-dealkylation sites (tertiary alicyclic amines) is 1. The molecule has 3 heteroatoms. The molecule has 2 rings (SSSR count). The Morgan fingerprint density at radius 1 is 1.29 bits per heavy atom. The number of hydrogen-bond donors (Lipinski definition) is 0. The third-order valence-electron chi connectivity index (χ3n) is 3.44. The second-order valence-corrected chi connectivity index (χ2v) is 4.84. The van der Waals surface area contributed by atoms with Gasteiger partial charge in [0.15, 0.2) is 0 Å². The molecule has 0 spiro atoms. The predicted molar refractivity (Wildman–Crippen MR) is 58.9 cm³/mol. The number of alkyl halides is 1. The number of rotatable bonds is 3. The molecular formula is C11H20ClNO. The second-order valence-electron chi connectivity index (χ2n) is 4.53. The van der Waals surface area contributed by atoms with Gasteiger partial charge in [0, 0.05) is 25.1 Å². The van der Waals surface area contributed by atoms with Gasteiger partial charge in [0.05, 0.1) is 6.61 Å². The van der Waals surface area contributed by atoms with Crippen molar-refractivity contribution in [2.24, 2.45) is 5.92 Å². The van der Waals surface area contributed by atoms with Gasteiger partial charge in [0.2, 0.25) is 0 Å². The number of hydrogen-bond acceptors (Lipinski definition) is 2. The Morgan fingerprint density at radius 2 is 2.21 bits per heavy atom. The van der Waals surface area contributed by atoms with Crippen LogP contribution < -0.4 is 0 Å². The summed E-state index contributed by atoms with van der Waals surface area (Å²) in [6, 6.07) is 0.631. The van der Waals surface area contributed by atoms with E-state index in [9.17, 15) is 0 Å². The normalized spacial score (nSPS) is 34.9. The number of piperidine rings is 1. The van der Waals surface area contributed by atoms with Gasteiger partial charge in [-0.25, -0.2) is 0 Å².